The highest BCUT2D eigenvalue weighted by Crippen LogP contribution is 2.24. The number of carbonyl (C=O) groups excluding carboxylic acids is 1. The van der Waals surface area contributed by atoms with E-state index in [4.69, 9.17) is 14.2 Å². The Bertz CT molecular complexity index is 318. The fraction of sp³-hybridized carbons (Fsp3) is 0.800. The first-order valence-electron chi connectivity index (χ1n) is 7.32. The minimum atomic E-state index is -0.269. The molecular formula is C15H24O4. The Morgan fingerprint density at radius 3 is 2.63 bits per heavy atom. The molecule has 0 bridgehead atoms. The maximum Gasteiger partial charge on any atom is 0.333 e. The molecule has 0 aromatic carbocycles. The average Bonchev–Trinajstić information content (AvgIpc) is 3.28. The average molecular weight is 268 g/mol. The molecule has 2 rings (SSSR count). The number of unbranched alkanes of at least 4 members (excludes halogenated alkanes) is 2. The van der Waals surface area contributed by atoms with Crippen molar-refractivity contribution in [1.82, 2.24) is 0 Å². The number of carbonyl (C=O) groups is 1. The van der Waals surface area contributed by atoms with Crippen molar-refractivity contribution in [1.29, 1.82) is 0 Å². The third kappa shape index (κ3) is 5.33. The molecule has 0 saturated carbocycles. The summed E-state index contributed by atoms with van der Waals surface area (Å²) in [5.74, 6) is -0.269. The summed E-state index contributed by atoms with van der Waals surface area (Å²) in [6.07, 6.45) is 6.66. The molecule has 2 fully saturated rings. The Morgan fingerprint density at radius 1 is 1.32 bits per heavy atom. The van der Waals surface area contributed by atoms with Crippen molar-refractivity contribution < 1.29 is 19.0 Å². The third-order valence-corrected chi connectivity index (χ3v) is 3.66. The molecule has 0 N–H and O–H groups in total. The van der Waals surface area contributed by atoms with E-state index in [-0.39, 0.29) is 18.2 Å². The summed E-state index contributed by atoms with van der Waals surface area (Å²) in [6, 6.07) is 0. The maximum atomic E-state index is 11.7. The van der Waals surface area contributed by atoms with Gasteiger partial charge in [-0.3, -0.25) is 0 Å². The summed E-state index contributed by atoms with van der Waals surface area (Å²) in [5, 5.41) is 0. The lowest BCUT2D eigenvalue weighted by Crippen LogP contribution is -2.24. The van der Waals surface area contributed by atoms with E-state index in [0.717, 1.165) is 32.3 Å². The first-order chi connectivity index (χ1) is 9.20. The molecular weight excluding hydrogens is 244 g/mol. The summed E-state index contributed by atoms with van der Waals surface area (Å²) < 4.78 is 15.9. The molecule has 19 heavy (non-hydrogen) atoms. The van der Waals surface area contributed by atoms with Crippen molar-refractivity contribution in [2.45, 2.75) is 63.8 Å². The number of ether oxygens (including phenoxy) is 3. The van der Waals surface area contributed by atoms with Crippen LogP contribution in [-0.4, -0.2) is 37.5 Å². The van der Waals surface area contributed by atoms with Crippen LogP contribution in [0.2, 0.25) is 0 Å². The SMILES string of the molecule is C=C(CC)C(=O)OC(CCCCCC1CO1)C1CO1. The second-order valence-corrected chi connectivity index (χ2v) is 5.37. The van der Waals surface area contributed by atoms with Crippen molar-refractivity contribution in [2.75, 3.05) is 13.2 Å². The molecule has 2 aliphatic heterocycles. The van der Waals surface area contributed by atoms with Crippen molar-refractivity contribution in [3.05, 3.63) is 12.2 Å². The molecule has 0 aromatic heterocycles. The Labute approximate surface area is 115 Å². The summed E-state index contributed by atoms with van der Waals surface area (Å²) in [7, 11) is 0. The Kier molecular flexibility index (Phi) is 5.40. The van der Waals surface area contributed by atoms with E-state index in [0.29, 0.717) is 24.7 Å². The zero-order chi connectivity index (χ0) is 13.7. The molecule has 2 saturated heterocycles. The third-order valence-electron chi connectivity index (χ3n) is 3.66. The molecule has 4 nitrogen and oxygen atoms in total. The highest BCUT2D eigenvalue weighted by molar-refractivity contribution is 5.87. The summed E-state index contributed by atoms with van der Waals surface area (Å²) in [6.45, 7) is 7.28. The van der Waals surface area contributed by atoms with Crippen molar-refractivity contribution in [2.24, 2.45) is 0 Å². The van der Waals surface area contributed by atoms with Crippen molar-refractivity contribution in [3.63, 3.8) is 0 Å². The Balaban J connectivity index is 1.61. The van der Waals surface area contributed by atoms with Gasteiger partial charge in [0.15, 0.2) is 0 Å². The van der Waals surface area contributed by atoms with Gasteiger partial charge in [0, 0.05) is 5.57 Å². The highest BCUT2D eigenvalue weighted by atomic mass is 16.6. The molecule has 0 aliphatic carbocycles. The van der Waals surface area contributed by atoms with Gasteiger partial charge in [-0.2, -0.15) is 0 Å². The first kappa shape index (κ1) is 14.5. The van der Waals surface area contributed by atoms with Crippen LogP contribution in [0.25, 0.3) is 0 Å². The second kappa shape index (κ2) is 7.06. The molecule has 2 aliphatic rings. The van der Waals surface area contributed by atoms with Gasteiger partial charge in [0.05, 0.1) is 19.3 Å². The van der Waals surface area contributed by atoms with E-state index >= 15 is 0 Å². The van der Waals surface area contributed by atoms with Crippen molar-refractivity contribution in [3.8, 4) is 0 Å². The molecule has 2 heterocycles. The van der Waals surface area contributed by atoms with Crippen LogP contribution in [0.5, 0.6) is 0 Å². The van der Waals surface area contributed by atoms with Gasteiger partial charge in [-0.15, -0.1) is 0 Å². The smallest absolute Gasteiger partial charge is 0.333 e. The van der Waals surface area contributed by atoms with Crippen LogP contribution >= 0.6 is 0 Å². The van der Waals surface area contributed by atoms with Crippen LogP contribution in [0, 0.1) is 0 Å². The number of hydrogen-bond acceptors (Lipinski definition) is 4. The lowest BCUT2D eigenvalue weighted by Gasteiger charge is -2.16. The first-order valence-corrected chi connectivity index (χ1v) is 7.32. The Hall–Kier alpha value is -0.870. The monoisotopic (exact) mass is 268 g/mol. The summed E-state index contributed by atoms with van der Waals surface area (Å²) in [4.78, 5) is 11.7. The van der Waals surface area contributed by atoms with Gasteiger partial charge in [0.25, 0.3) is 0 Å². The molecule has 0 amide bonds. The van der Waals surface area contributed by atoms with E-state index in [1.165, 1.54) is 6.42 Å². The number of rotatable bonds is 10. The number of hydrogen-bond donors (Lipinski definition) is 0. The fourth-order valence-corrected chi connectivity index (χ4v) is 2.09. The van der Waals surface area contributed by atoms with Gasteiger partial charge in [-0.05, 0) is 25.7 Å². The number of esters is 1. The minimum absolute atomic E-state index is 0.0898. The van der Waals surface area contributed by atoms with Gasteiger partial charge in [-0.1, -0.05) is 26.3 Å². The Morgan fingerprint density at radius 2 is 2.05 bits per heavy atom. The molecule has 0 radical (unpaired) electrons. The van der Waals surface area contributed by atoms with E-state index in [1.807, 2.05) is 6.92 Å². The van der Waals surface area contributed by atoms with Crippen LogP contribution < -0.4 is 0 Å². The van der Waals surface area contributed by atoms with E-state index < -0.39 is 0 Å². The maximum absolute atomic E-state index is 11.7. The van der Waals surface area contributed by atoms with Gasteiger partial charge in [-0.25, -0.2) is 4.79 Å². The van der Waals surface area contributed by atoms with Gasteiger partial charge >= 0.3 is 5.97 Å². The molecule has 3 atom stereocenters. The predicted octanol–water partition coefficient (Wildman–Crippen LogP) is 2.61. The van der Waals surface area contributed by atoms with E-state index in [2.05, 4.69) is 6.58 Å². The summed E-state index contributed by atoms with van der Waals surface area (Å²) >= 11 is 0. The zero-order valence-corrected chi connectivity index (χ0v) is 11.7. The van der Waals surface area contributed by atoms with Crippen LogP contribution in [0.1, 0.15) is 45.4 Å². The largest absolute Gasteiger partial charge is 0.456 e. The second-order valence-electron chi connectivity index (χ2n) is 5.37. The predicted molar refractivity (Wildman–Crippen MR) is 71.9 cm³/mol. The van der Waals surface area contributed by atoms with Crippen molar-refractivity contribution >= 4 is 5.97 Å². The lowest BCUT2D eigenvalue weighted by molar-refractivity contribution is -0.145. The standard InChI is InChI=1S/C15H24O4/c1-3-11(2)15(16)19-13(14-10-18-14)8-6-4-5-7-12-9-17-12/h12-14H,2-10H2,1H3. The van der Waals surface area contributed by atoms with Crippen LogP contribution in [0.15, 0.2) is 12.2 Å². The van der Waals surface area contributed by atoms with Gasteiger partial charge in [0.1, 0.15) is 12.2 Å². The molecule has 4 heteroatoms. The summed E-state index contributed by atoms with van der Waals surface area (Å²) in [5.41, 5.74) is 0.538. The van der Waals surface area contributed by atoms with Gasteiger partial charge in [0.2, 0.25) is 0 Å². The molecule has 0 spiro atoms. The van der Waals surface area contributed by atoms with Gasteiger partial charge < -0.3 is 14.2 Å². The van der Waals surface area contributed by atoms with Crippen LogP contribution in [-0.2, 0) is 19.0 Å². The minimum Gasteiger partial charge on any atom is -0.456 e. The molecule has 0 aromatic rings. The quantitative estimate of drug-likeness (QED) is 0.264. The topological polar surface area (TPSA) is 51.4 Å². The van der Waals surface area contributed by atoms with E-state index in [9.17, 15) is 4.79 Å². The lowest BCUT2D eigenvalue weighted by atomic mass is 10.1. The molecule has 108 valence electrons. The normalized spacial score (nSPS) is 25.7. The van der Waals surface area contributed by atoms with Crippen LogP contribution in [0.4, 0.5) is 0 Å². The van der Waals surface area contributed by atoms with Crippen LogP contribution in [0.3, 0.4) is 0 Å². The van der Waals surface area contributed by atoms with E-state index in [1.54, 1.807) is 0 Å². The zero-order valence-electron chi connectivity index (χ0n) is 11.7. The molecule has 3 unspecified atom stereocenters. The fourth-order valence-electron chi connectivity index (χ4n) is 2.09. The number of epoxide rings is 2. The highest BCUT2D eigenvalue weighted by Gasteiger charge is 2.35.